The van der Waals surface area contributed by atoms with Gasteiger partial charge in [-0.1, -0.05) is 26.2 Å². The monoisotopic (exact) mass is 237 g/mol. The van der Waals surface area contributed by atoms with E-state index in [0.717, 1.165) is 32.2 Å². The highest BCUT2D eigenvalue weighted by atomic mass is 16.2. The maximum atomic E-state index is 12.0. The zero-order valence-electron chi connectivity index (χ0n) is 10.8. The van der Waals surface area contributed by atoms with Gasteiger partial charge in [-0.2, -0.15) is 0 Å². The van der Waals surface area contributed by atoms with Crippen molar-refractivity contribution in [2.75, 3.05) is 13.1 Å². The Bertz CT molecular complexity index is 295. The van der Waals surface area contributed by atoms with Gasteiger partial charge in [0.2, 0.25) is 5.91 Å². The Hall–Kier alpha value is -0.860. The summed E-state index contributed by atoms with van der Waals surface area (Å²) in [4.78, 5) is 25.6. The molecule has 0 aromatic rings. The third-order valence-electron chi connectivity index (χ3n) is 4.15. The average Bonchev–Trinajstić information content (AvgIpc) is 2.90. The highest BCUT2D eigenvalue weighted by Gasteiger charge is 2.32. The minimum absolute atomic E-state index is 0.190. The molecule has 1 saturated heterocycles. The molecule has 2 aliphatic rings. The fourth-order valence-electron chi connectivity index (χ4n) is 3.17. The molecule has 0 radical (unpaired) electrons. The first-order chi connectivity index (χ1) is 8.20. The lowest BCUT2D eigenvalue weighted by atomic mass is 10.0. The van der Waals surface area contributed by atoms with Crippen LogP contribution in [-0.4, -0.2) is 29.7 Å². The minimum atomic E-state index is 0.190. The summed E-state index contributed by atoms with van der Waals surface area (Å²) in [7, 11) is 0. The largest absolute Gasteiger partial charge is 0.335 e. The first-order valence-electron chi connectivity index (χ1n) is 7.01. The van der Waals surface area contributed by atoms with E-state index in [1.165, 1.54) is 12.8 Å². The van der Waals surface area contributed by atoms with Crippen LogP contribution in [0.3, 0.4) is 0 Å². The maximum absolute atomic E-state index is 12.0. The van der Waals surface area contributed by atoms with Gasteiger partial charge in [0.1, 0.15) is 0 Å². The number of ketones is 1. The molecular weight excluding hydrogens is 214 g/mol. The van der Waals surface area contributed by atoms with Gasteiger partial charge in [0.15, 0.2) is 5.78 Å². The third-order valence-corrected chi connectivity index (χ3v) is 4.15. The van der Waals surface area contributed by atoms with Gasteiger partial charge in [0.05, 0.1) is 6.54 Å². The van der Waals surface area contributed by atoms with Gasteiger partial charge in [-0.15, -0.1) is 0 Å². The first-order valence-corrected chi connectivity index (χ1v) is 7.01. The number of amides is 1. The highest BCUT2D eigenvalue weighted by molar-refractivity contribution is 5.88. The number of likely N-dealkylation sites (tertiary alicyclic amines) is 1. The molecule has 0 spiro atoms. The SMILES string of the molecule is CCCC1CC(=O)N(CC(=O)C2CCCC2)C1. The number of rotatable bonds is 5. The lowest BCUT2D eigenvalue weighted by Gasteiger charge is -2.18. The van der Waals surface area contributed by atoms with Crippen molar-refractivity contribution >= 4 is 11.7 Å². The number of Topliss-reactive ketones (excluding diaryl/α,β-unsaturated/α-hetero) is 1. The van der Waals surface area contributed by atoms with Gasteiger partial charge in [0, 0.05) is 18.9 Å². The second-order valence-corrected chi connectivity index (χ2v) is 5.58. The summed E-state index contributed by atoms with van der Waals surface area (Å²) in [6, 6.07) is 0. The van der Waals surface area contributed by atoms with E-state index in [-0.39, 0.29) is 11.8 Å². The van der Waals surface area contributed by atoms with Crippen molar-refractivity contribution < 1.29 is 9.59 Å². The predicted octanol–water partition coefficient (Wildman–Crippen LogP) is 2.39. The van der Waals surface area contributed by atoms with Crippen molar-refractivity contribution in [2.45, 2.75) is 51.9 Å². The van der Waals surface area contributed by atoms with Crippen molar-refractivity contribution in [1.29, 1.82) is 0 Å². The van der Waals surface area contributed by atoms with E-state index < -0.39 is 0 Å². The fraction of sp³-hybridized carbons (Fsp3) is 0.857. The predicted molar refractivity (Wildman–Crippen MR) is 66.6 cm³/mol. The van der Waals surface area contributed by atoms with Crippen LogP contribution in [0.25, 0.3) is 0 Å². The van der Waals surface area contributed by atoms with E-state index in [4.69, 9.17) is 0 Å². The first kappa shape index (κ1) is 12.6. The van der Waals surface area contributed by atoms with E-state index >= 15 is 0 Å². The molecule has 2 rings (SSSR count). The van der Waals surface area contributed by atoms with Gasteiger partial charge in [0.25, 0.3) is 0 Å². The molecule has 2 fully saturated rings. The van der Waals surface area contributed by atoms with Crippen LogP contribution in [0.2, 0.25) is 0 Å². The topological polar surface area (TPSA) is 37.4 Å². The van der Waals surface area contributed by atoms with Gasteiger partial charge in [-0.05, 0) is 25.2 Å². The maximum Gasteiger partial charge on any atom is 0.223 e. The molecule has 1 saturated carbocycles. The molecule has 17 heavy (non-hydrogen) atoms. The van der Waals surface area contributed by atoms with Gasteiger partial charge < -0.3 is 4.90 Å². The van der Waals surface area contributed by atoms with Crippen LogP contribution in [0.1, 0.15) is 51.9 Å². The van der Waals surface area contributed by atoms with E-state index in [0.29, 0.717) is 24.7 Å². The summed E-state index contributed by atoms with van der Waals surface area (Å²) in [6.07, 6.45) is 7.35. The summed E-state index contributed by atoms with van der Waals surface area (Å²) >= 11 is 0. The summed E-state index contributed by atoms with van der Waals surface area (Å²) < 4.78 is 0. The van der Waals surface area contributed by atoms with E-state index in [9.17, 15) is 9.59 Å². The van der Waals surface area contributed by atoms with E-state index in [1.54, 1.807) is 4.90 Å². The number of nitrogens with zero attached hydrogens (tertiary/aromatic N) is 1. The second-order valence-electron chi connectivity index (χ2n) is 5.58. The summed E-state index contributed by atoms with van der Waals surface area (Å²) in [5.74, 6) is 1.22. The van der Waals surface area contributed by atoms with Crippen LogP contribution in [0.5, 0.6) is 0 Å². The van der Waals surface area contributed by atoms with Crippen molar-refractivity contribution in [3.63, 3.8) is 0 Å². The molecule has 3 heteroatoms. The Morgan fingerprint density at radius 1 is 1.35 bits per heavy atom. The van der Waals surface area contributed by atoms with Gasteiger partial charge in [-0.25, -0.2) is 0 Å². The quantitative estimate of drug-likeness (QED) is 0.736. The van der Waals surface area contributed by atoms with Crippen LogP contribution in [-0.2, 0) is 9.59 Å². The lowest BCUT2D eigenvalue weighted by molar-refractivity contribution is -0.133. The smallest absolute Gasteiger partial charge is 0.223 e. The lowest BCUT2D eigenvalue weighted by Crippen LogP contribution is -2.33. The van der Waals surface area contributed by atoms with Crippen molar-refractivity contribution in [3.05, 3.63) is 0 Å². The minimum Gasteiger partial charge on any atom is -0.335 e. The fourth-order valence-corrected chi connectivity index (χ4v) is 3.17. The molecule has 3 nitrogen and oxygen atoms in total. The number of hydrogen-bond donors (Lipinski definition) is 0. The van der Waals surface area contributed by atoms with E-state index in [1.807, 2.05) is 0 Å². The molecule has 0 bridgehead atoms. The molecule has 0 aromatic heterocycles. The average molecular weight is 237 g/mol. The molecule has 0 N–H and O–H groups in total. The molecular formula is C14H23NO2. The zero-order chi connectivity index (χ0) is 12.3. The molecule has 1 heterocycles. The zero-order valence-corrected chi connectivity index (χ0v) is 10.8. The standard InChI is InChI=1S/C14H23NO2/c1-2-5-11-8-14(17)15(9-11)10-13(16)12-6-3-4-7-12/h11-12H,2-10H2,1H3. The normalized spacial score (nSPS) is 25.8. The summed E-state index contributed by atoms with van der Waals surface area (Å²) in [5.41, 5.74) is 0. The molecule has 1 atom stereocenters. The molecule has 1 aliphatic carbocycles. The van der Waals surface area contributed by atoms with Crippen molar-refractivity contribution in [1.82, 2.24) is 4.90 Å². The van der Waals surface area contributed by atoms with Crippen LogP contribution >= 0.6 is 0 Å². The van der Waals surface area contributed by atoms with Crippen LogP contribution in [0.4, 0.5) is 0 Å². The number of carbonyl (C=O) groups excluding carboxylic acids is 2. The third kappa shape index (κ3) is 3.08. The molecule has 1 amide bonds. The Kier molecular flexibility index (Phi) is 4.19. The van der Waals surface area contributed by atoms with Crippen molar-refractivity contribution in [2.24, 2.45) is 11.8 Å². The van der Waals surface area contributed by atoms with Gasteiger partial charge in [-0.3, -0.25) is 9.59 Å². The Balaban J connectivity index is 1.82. The molecule has 1 unspecified atom stereocenters. The molecule has 96 valence electrons. The Morgan fingerprint density at radius 3 is 2.71 bits per heavy atom. The Morgan fingerprint density at radius 2 is 2.06 bits per heavy atom. The molecule has 1 aliphatic heterocycles. The number of carbonyl (C=O) groups is 2. The highest BCUT2D eigenvalue weighted by Crippen LogP contribution is 2.27. The second kappa shape index (κ2) is 5.65. The molecule has 0 aromatic carbocycles. The van der Waals surface area contributed by atoms with Crippen molar-refractivity contribution in [3.8, 4) is 0 Å². The Labute approximate surface area is 104 Å². The van der Waals surface area contributed by atoms with Gasteiger partial charge >= 0.3 is 0 Å². The summed E-state index contributed by atoms with van der Waals surface area (Å²) in [6.45, 7) is 3.34. The number of hydrogen-bond acceptors (Lipinski definition) is 2. The van der Waals surface area contributed by atoms with Crippen LogP contribution in [0.15, 0.2) is 0 Å². The van der Waals surface area contributed by atoms with Crippen LogP contribution < -0.4 is 0 Å². The van der Waals surface area contributed by atoms with E-state index in [2.05, 4.69) is 6.92 Å². The summed E-state index contributed by atoms with van der Waals surface area (Å²) in [5, 5.41) is 0. The van der Waals surface area contributed by atoms with Crippen LogP contribution in [0, 0.1) is 11.8 Å².